The third-order valence-corrected chi connectivity index (χ3v) is 4.81. The Kier molecular flexibility index (Phi) is 3.85. The monoisotopic (exact) mass is 354 g/mol. The molecule has 0 saturated heterocycles. The van der Waals surface area contributed by atoms with Crippen molar-refractivity contribution in [3.63, 3.8) is 0 Å². The van der Waals surface area contributed by atoms with Gasteiger partial charge in [0.2, 0.25) is 0 Å². The van der Waals surface area contributed by atoms with E-state index in [2.05, 4.69) is 25.7 Å². The minimum absolute atomic E-state index is 0.131. The predicted octanol–water partition coefficient (Wildman–Crippen LogP) is 3.77. The Morgan fingerprint density at radius 3 is 2.63 bits per heavy atom. The number of nitrogens with zero attached hydrogens (tertiary/aromatic N) is 5. The van der Waals surface area contributed by atoms with Gasteiger partial charge in [0.15, 0.2) is 11.5 Å². The van der Waals surface area contributed by atoms with E-state index in [1.807, 2.05) is 57.3 Å². The first-order valence-electron chi connectivity index (χ1n) is 8.55. The maximum absolute atomic E-state index is 9.39. The zero-order valence-corrected chi connectivity index (χ0v) is 15.4. The zero-order valence-electron chi connectivity index (χ0n) is 15.4. The molecule has 0 amide bonds. The van der Waals surface area contributed by atoms with E-state index >= 15 is 0 Å². The van der Waals surface area contributed by atoms with Crippen molar-refractivity contribution in [1.82, 2.24) is 19.5 Å². The lowest BCUT2D eigenvalue weighted by Crippen LogP contribution is -2.04. The highest BCUT2D eigenvalue weighted by atomic mass is 15.0. The van der Waals surface area contributed by atoms with Crippen molar-refractivity contribution < 1.29 is 0 Å². The number of aromatic nitrogens is 4. The van der Waals surface area contributed by atoms with Crippen LogP contribution in [0.2, 0.25) is 0 Å². The van der Waals surface area contributed by atoms with Crippen LogP contribution in [0, 0.1) is 25.2 Å². The minimum atomic E-state index is 0.131. The summed E-state index contributed by atoms with van der Waals surface area (Å²) in [5.74, 6) is 0.140. The quantitative estimate of drug-likeness (QED) is 0.591. The predicted molar refractivity (Wildman–Crippen MR) is 106 cm³/mol. The van der Waals surface area contributed by atoms with Crippen LogP contribution in [0.3, 0.4) is 0 Å². The molecule has 6 heteroatoms. The number of nitrogen functional groups attached to an aromatic ring is 1. The standard InChI is InChI=1S/C21H18N6/c1-12-11-27(3)13(2)18(12)20-19(25-17(10-22)21(23)26-20)15-6-7-16-14(9-15)5-4-8-24-16/h4-9,11H,1-3H3,(H2,23,26). The fraction of sp³-hybridized carbons (Fsp3) is 0.143. The van der Waals surface area contributed by atoms with E-state index in [0.717, 1.165) is 33.3 Å². The van der Waals surface area contributed by atoms with Gasteiger partial charge in [-0.2, -0.15) is 5.26 Å². The summed E-state index contributed by atoms with van der Waals surface area (Å²) in [6, 6.07) is 11.9. The molecule has 27 heavy (non-hydrogen) atoms. The Balaban J connectivity index is 2.05. The molecule has 0 saturated carbocycles. The van der Waals surface area contributed by atoms with E-state index in [1.54, 1.807) is 6.20 Å². The number of nitrogens with two attached hydrogens (primary N) is 1. The molecular weight excluding hydrogens is 336 g/mol. The van der Waals surface area contributed by atoms with Crippen molar-refractivity contribution in [3.8, 4) is 28.6 Å². The summed E-state index contributed by atoms with van der Waals surface area (Å²) in [6.07, 6.45) is 3.82. The Morgan fingerprint density at radius 2 is 1.93 bits per heavy atom. The molecule has 3 aromatic heterocycles. The summed E-state index contributed by atoms with van der Waals surface area (Å²) < 4.78 is 2.05. The average Bonchev–Trinajstić information content (AvgIpc) is 2.93. The van der Waals surface area contributed by atoms with Crippen LogP contribution in [0.1, 0.15) is 17.0 Å². The Labute approximate surface area is 156 Å². The van der Waals surface area contributed by atoms with Gasteiger partial charge in [-0.3, -0.25) is 4.98 Å². The topological polar surface area (TPSA) is 93.4 Å². The number of hydrogen-bond acceptors (Lipinski definition) is 5. The molecule has 0 atom stereocenters. The van der Waals surface area contributed by atoms with Crippen molar-refractivity contribution in [3.05, 3.63) is 59.7 Å². The molecule has 0 aliphatic heterocycles. The van der Waals surface area contributed by atoms with Crippen LogP contribution in [0.4, 0.5) is 5.82 Å². The van der Waals surface area contributed by atoms with Gasteiger partial charge in [-0.25, -0.2) is 9.97 Å². The number of rotatable bonds is 2. The van der Waals surface area contributed by atoms with Crippen LogP contribution < -0.4 is 5.73 Å². The number of pyridine rings is 1. The zero-order chi connectivity index (χ0) is 19.1. The number of hydrogen-bond donors (Lipinski definition) is 1. The highest BCUT2D eigenvalue weighted by Crippen LogP contribution is 2.35. The molecule has 4 rings (SSSR count). The molecule has 2 N–H and O–H groups in total. The van der Waals surface area contributed by atoms with Crippen LogP contribution >= 0.6 is 0 Å². The summed E-state index contributed by atoms with van der Waals surface area (Å²) in [6.45, 7) is 4.07. The SMILES string of the molecule is Cc1cn(C)c(C)c1-c1nc(N)c(C#N)nc1-c1ccc2ncccc2c1. The van der Waals surface area contributed by atoms with Crippen molar-refractivity contribution in [2.45, 2.75) is 13.8 Å². The van der Waals surface area contributed by atoms with Gasteiger partial charge in [-0.05, 0) is 37.6 Å². The molecular formula is C21H18N6. The lowest BCUT2D eigenvalue weighted by molar-refractivity contribution is 0.881. The third kappa shape index (κ3) is 2.70. The maximum atomic E-state index is 9.39. The molecule has 3 heterocycles. The number of fused-ring (bicyclic) bond motifs is 1. The van der Waals surface area contributed by atoms with Crippen LogP contribution in [-0.4, -0.2) is 19.5 Å². The molecule has 0 aliphatic carbocycles. The summed E-state index contributed by atoms with van der Waals surface area (Å²) in [5, 5.41) is 10.4. The largest absolute Gasteiger partial charge is 0.381 e. The molecule has 0 fully saturated rings. The van der Waals surface area contributed by atoms with Crippen LogP contribution in [0.25, 0.3) is 33.4 Å². The van der Waals surface area contributed by atoms with Gasteiger partial charge in [0.25, 0.3) is 0 Å². The van der Waals surface area contributed by atoms with Crippen LogP contribution in [0.5, 0.6) is 0 Å². The van der Waals surface area contributed by atoms with Crippen LogP contribution in [0.15, 0.2) is 42.7 Å². The second kappa shape index (κ2) is 6.22. The average molecular weight is 354 g/mol. The smallest absolute Gasteiger partial charge is 0.183 e. The normalized spacial score (nSPS) is 10.9. The summed E-state index contributed by atoms with van der Waals surface area (Å²) in [7, 11) is 1.99. The Bertz CT molecular complexity index is 1230. The molecule has 132 valence electrons. The second-order valence-corrected chi connectivity index (χ2v) is 6.56. The Morgan fingerprint density at radius 1 is 1.11 bits per heavy atom. The first kappa shape index (κ1) is 16.7. The second-order valence-electron chi connectivity index (χ2n) is 6.56. The first-order valence-corrected chi connectivity index (χ1v) is 8.55. The maximum Gasteiger partial charge on any atom is 0.183 e. The molecule has 0 spiro atoms. The third-order valence-electron chi connectivity index (χ3n) is 4.81. The highest BCUT2D eigenvalue weighted by Gasteiger charge is 2.20. The highest BCUT2D eigenvalue weighted by molar-refractivity contribution is 5.88. The molecule has 6 nitrogen and oxygen atoms in total. The van der Waals surface area contributed by atoms with Gasteiger partial charge in [0.05, 0.1) is 11.2 Å². The van der Waals surface area contributed by atoms with E-state index in [0.29, 0.717) is 11.4 Å². The van der Waals surface area contributed by atoms with Crippen molar-refractivity contribution in [2.75, 3.05) is 5.73 Å². The first-order chi connectivity index (χ1) is 13.0. The molecule has 4 aromatic rings. The molecule has 0 bridgehead atoms. The van der Waals surface area contributed by atoms with Gasteiger partial charge >= 0.3 is 0 Å². The van der Waals surface area contributed by atoms with Gasteiger partial charge in [-0.1, -0.05) is 12.1 Å². The van der Waals surface area contributed by atoms with E-state index < -0.39 is 0 Å². The van der Waals surface area contributed by atoms with Gasteiger partial charge in [0, 0.05) is 41.6 Å². The van der Waals surface area contributed by atoms with Crippen molar-refractivity contribution >= 4 is 16.7 Å². The Hall–Kier alpha value is -3.72. The van der Waals surface area contributed by atoms with E-state index in [9.17, 15) is 5.26 Å². The fourth-order valence-corrected chi connectivity index (χ4v) is 3.40. The molecule has 0 radical (unpaired) electrons. The number of aryl methyl sites for hydroxylation is 2. The lowest BCUT2D eigenvalue weighted by Gasteiger charge is -2.12. The van der Waals surface area contributed by atoms with E-state index in [-0.39, 0.29) is 11.5 Å². The molecule has 0 aliphatic rings. The minimum Gasteiger partial charge on any atom is -0.381 e. The van der Waals surface area contributed by atoms with Gasteiger partial charge < -0.3 is 10.3 Å². The van der Waals surface area contributed by atoms with E-state index in [4.69, 9.17) is 5.73 Å². The number of benzene rings is 1. The number of nitriles is 1. The van der Waals surface area contributed by atoms with Gasteiger partial charge in [-0.15, -0.1) is 0 Å². The summed E-state index contributed by atoms with van der Waals surface area (Å²) >= 11 is 0. The van der Waals surface area contributed by atoms with E-state index in [1.165, 1.54) is 0 Å². The van der Waals surface area contributed by atoms with Crippen molar-refractivity contribution in [2.24, 2.45) is 7.05 Å². The van der Waals surface area contributed by atoms with Crippen LogP contribution in [-0.2, 0) is 7.05 Å². The number of anilines is 1. The summed E-state index contributed by atoms with van der Waals surface area (Å²) in [5.41, 5.74) is 12.4. The molecule has 0 unspecified atom stereocenters. The van der Waals surface area contributed by atoms with Gasteiger partial charge in [0.1, 0.15) is 11.8 Å². The summed E-state index contributed by atoms with van der Waals surface area (Å²) in [4.78, 5) is 13.5. The lowest BCUT2D eigenvalue weighted by atomic mass is 10.00. The molecule has 1 aromatic carbocycles. The fourth-order valence-electron chi connectivity index (χ4n) is 3.40. The van der Waals surface area contributed by atoms with Crippen molar-refractivity contribution in [1.29, 1.82) is 5.26 Å².